The minimum Gasteiger partial charge on any atom is -0.319 e. The van der Waals surface area contributed by atoms with E-state index in [9.17, 15) is 4.79 Å². The first-order valence-electron chi connectivity index (χ1n) is 3.66. The molecule has 0 spiro atoms. The molecule has 1 aromatic rings. The van der Waals surface area contributed by atoms with Crippen LogP contribution in [-0.4, -0.2) is 19.9 Å². The van der Waals surface area contributed by atoms with Crippen molar-refractivity contribution in [2.75, 3.05) is 13.6 Å². The molecule has 0 aliphatic rings. The highest BCUT2D eigenvalue weighted by atomic mass is 79.9. The van der Waals surface area contributed by atoms with E-state index < -0.39 is 0 Å². The van der Waals surface area contributed by atoms with Crippen LogP contribution in [0.25, 0.3) is 0 Å². The second-order valence-corrected chi connectivity index (χ2v) is 4.87. The molecule has 0 atom stereocenters. The molecule has 0 aliphatic carbocycles. The SMILES string of the molecule is CNCCc1cc(Br)sc1C=O. The molecule has 66 valence electrons. The van der Waals surface area contributed by atoms with E-state index in [2.05, 4.69) is 21.2 Å². The molecule has 2 nitrogen and oxygen atoms in total. The van der Waals surface area contributed by atoms with Crippen LogP contribution in [0.3, 0.4) is 0 Å². The number of likely N-dealkylation sites (N-methyl/N-ethyl adjacent to an activating group) is 1. The molecule has 1 rings (SSSR count). The first-order chi connectivity index (χ1) is 5.77. The zero-order chi connectivity index (χ0) is 8.97. The molecule has 0 radical (unpaired) electrons. The number of carbonyl (C=O) groups excluding carboxylic acids is 1. The van der Waals surface area contributed by atoms with E-state index >= 15 is 0 Å². The molecule has 1 heterocycles. The van der Waals surface area contributed by atoms with Gasteiger partial charge in [0.05, 0.1) is 8.66 Å². The number of hydrogen-bond acceptors (Lipinski definition) is 3. The quantitative estimate of drug-likeness (QED) is 0.826. The average molecular weight is 248 g/mol. The van der Waals surface area contributed by atoms with Gasteiger partial charge in [-0.2, -0.15) is 0 Å². The van der Waals surface area contributed by atoms with E-state index in [1.54, 1.807) is 0 Å². The summed E-state index contributed by atoms with van der Waals surface area (Å²) in [5, 5.41) is 3.05. The molecule has 0 saturated heterocycles. The van der Waals surface area contributed by atoms with Crippen LogP contribution in [0, 0.1) is 0 Å². The Balaban J connectivity index is 2.74. The Morgan fingerprint density at radius 3 is 3.08 bits per heavy atom. The number of halogens is 1. The summed E-state index contributed by atoms with van der Waals surface area (Å²) in [6, 6.07) is 2.01. The Kier molecular flexibility index (Phi) is 3.91. The van der Waals surface area contributed by atoms with Gasteiger partial charge in [-0.15, -0.1) is 11.3 Å². The normalized spacial score (nSPS) is 10.2. The third kappa shape index (κ3) is 2.40. The Hall–Kier alpha value is -0.190. The van der Waals surface area contributed by atoms with Crippen LogP contribution in [-0.2, 0) is 6.42 Å². The molecule has 0 aromatic carbocycles. The molecule has 0 bridgehead atoms. The Morgan fingerprint density at radius 1 is 1.75 bits per heavy atom. The number of hydrogen-bond donors (Lipinski definition) is 1. The van der Waals surface area contributed by atoms with Crippen molar-refractivity contribution in [3.8, 4) is 0 Å². The fourth-order valence-corrected chi connectivity index (χ4v) is 2.51. The molecule has 0 saturated carbocycles. The van der Waals surface area contributed by atoms with Crippen molar-refractivity contribution in [2.45, 2.75) is 6.42 Å². The van der Waals surface area contributed by atoms with Crippen molar-refractivity contribution in [3.05, 3.63) is 20.3 Å². The summed E-state index contributed by atoms with van der Waals surface area (Å²) in [5.74, 6) is 0. The molecule has 0 fully saturated rings. The zero-order valence-electron chi connectivity index (χ0n) is 6.76. The van der Waals surface area contributed by atoms with Gasteiger partial charge in [-0.25, -0.2) is 0 Å². The van der Waals surface area contributed by atoms with Crippen LogP contribution in [0.4, 0.5) is 0 Å². The molecule has 1 N–H and O–H groups in total. The predicted molar refractivity (Wildman–Crippen MR) is 55.0 cm³/mol. The largest absolute Gasteiger partial charge is 0.319 e. The number of nitrogens with one attached hydrogen (secondary N) is 1. The van der Waals surface area contributed by atoms with E-state index in [0.29, 0.717) is 0 Å². The van der Waals surface area contributed by atoms with Crippen molar-refractivity contribution in [1.82, 2.24) is 5.32 Å². The summed E-state index contributed by atoms with van der Waals surface area (Å²) >= 11 is 4.84. The van der Waals surface area contributed by atoms with E-state index in [4.69, 9.17) is 0 Å². The highest BCUT2D eigenvalue weighted by molar-refractivity contribution is 9.11. The van der Waals surface area contributed by atoms with Crippen LogP contribution in [0.5, 0.6) is 0 Å². The van der Waals surface area contributed by atoms with Crippen molar-refractivity contribution in [2.24, 2.45) is 0 Å². The first kappa shape index (κ1) is 9.89. The van der Waals surface area contributed by atoms with Gasteiger partial charge in [0, 0.05) is 0 Å². The Morgan fingerprint density at radius 2 is 2.50 bits per heavy atom. The maximum Gasteiger partial charge on any atom is 0.160 e. The average Bonchev–Trinajstić information content (AvgIpc) is 2.42. The lowest BCUT2D eigenvalue weighted by atomic mass is 10.2. The van der Waals surface area contributed by atoms with Crippen molar-refractivity contribution in [1.29, 1.82) is 0 Å². The summed E-state index contributed by atoms with van der Waals surface area (Å²) < 4.78 is 1.02. The maximum absolute atomic E-state index is 10.6. The lowest BCUT2D eigenvalue weighted by Crippen LogP contribution is -2.10. The molecule has 12 heavy (non-hydrogen) atoms. The van der Waals surface area contributed by atoms with Crippen molar-refractivity contribution in [3.63, 3.8) is 0 Å². The molecular weight excluding hydrogens is 238 g/mol. The van der Waals surface area contributed by atoms with Gasteiger partial charge in [0.25, 0.3) is 0 Å². The van der Waals surface area contributed by atoms with Crippen LogP contribution in [0.15, 0.2) is 9.85 Å². The zero-order valence-corrected chi connectivity index (χ0v) is 9.17. The summed E-state index contributed by atoms with van der Waals surface area (Å²) in [6.45, 7) is 0.907. The second kappa shape index (κ2) is 4.74. The minimum atomic E-state index is 0.831. The summed E-state index contributed by atoms with van der Waals surface area (Å²) in [4.78, 5) is 11.4. The van der Waals surface area contributed by atoms with Gasteiger partial charge in [0.15, 0.2) is 6.29 Å². The minimum absolute atomic E-state index is 0.831. The summed E-state index contributed by atoms with van der Waals surface area (Å²) in [5.41, 5.74) is 1.12. The van der Waals surface area contributed by atoms with Gasteiger partial charge in [-0.3, -0.25) is 4.79 Å². The van der Waals surface area contributed by atoms with E-state index in [1.165, 1.54) is 11.3 Å². The highest BCUT2D eigenvalue weighted by Gasteiger charge is 2.05. The van der Waals surface area contributed by atoms with Crippen LogP contribution >= 0.6 is 27.3 Å². The monoisotopic (exact) mass is 247 g/mol. The lowest BCUT2D eigenvalue weighted by Gasteiger charge is -1.96. The fourth-order valence-electron chi connectivity index (χ4n) is 0.963. The third-order valence-corrected chi connectivity index (χ3v) is 3.17. The number of aldehydes is 1. The van der Waals surface area contributed by atoms with Gasteiger partial charge in [-0.1, -0.05) is 0 Å². The van der Waals surface area contributed by atoms with Crippen LogP contribution in [0.1, 0.15) is 15.2 Å². The van der Waals surface area contributed by atoms with E-state index in [-0.39, 0.29) is 0 Å². The van der Waals surface area contributed by atoms with Crippen molar-refractivity contribution < 1.29 is 4.79 Å². The standard InChI is InChI=1S/C8H10BrNOS/c1-10-3-2-6-4-8(9)12-7(6)5-11/h4-5,10H,2-3H2,1H3. The van der Waals surface area contributed by atoms with Crippen LogP contribution in [0.2, 0.25) is 0 Å². The first-order valence-corrected chi connectivity index (χ1v) is 5.27. The molecule has 1 aromatic heterocycles. The number of thiophene rings is 1. The molecule has 4 heteroatoms. The smallest absolute Gasteiger partial charge is 0.160 e. The van der Waals surface area contributed by atoms with Gasteiger partial charge in [0.2, 0.25) is 0 Å². The van der Waals surface area contributed by atoms with Gasteiger partial charge >= 0.3 is 0 Å². The van der Waals surface area contributed by atoms with Crippen molar-refractivity contribution >= 4 is 33.6 Å². The molecule has 0 aliphatic heterocycles. The predicted octanol–water partition coefficient (Wildman–Crippen LogP) is 2.08. The fraction of sp³-hybridized carbons (Fsp3) is 0.375. The Bertz CT molecular complexity index is 272. The van der Waals surface area contributed by atoms with E-state index in [1.807, 2.05) is 13.1 Å². The highest BCUT2D eigenvalue weighted by Crippen LogP contribution is 2.25. The topological polar surface area (TPSA) is 29.1 Å². The van der Waals surface area contributed by atoms with E-state index in [0.717, 1.165) is 33.5 Å². The second-order valence-electron chi connectivity index (χ2n) is 2.41. The maximum atomic E-state index is 10.6. The third-order valence-electron chi connectivity index (χ3n) is 1.56. The van der Waals surface area contributed by atoms with Gasteiger partial charge in [0.1, 0.15) is 0 Å². The molecule has 0 amide bonds. The van der Waals surface area contributed by atoms with Gasteiger partial charge < -0.3 is 5.32 Å². The Labute approximate surface area is 84.1 Å². The lowest BCUT2D eigenvalue weighted by molar-refractivity contribution is 0.112. The molecular formula is C8H10BrNOS. The summed E-state index contributed by atoms with van der Waals surface area (Å²) in [6.07, 6.45) is 1.83. The molecule has 0 unspecified atom stereocenters. The number of carbonyl (C=O) groups is 1. The van der Waals surface area contributed by atoms with Crippen LogP contribution < -0.4 is 5.32 Å². The summed E-state index contributed by atoms with van der Waals surface area (Å²) in [7, 11) is 1.90. The van der Waals surface area contributed by atoms with Gasteiger partial charge in [-0.05, 0) is 47.6 Å². The number of rotatable bonds is 4.